The van der Waals surface area contributed by atoms with Gasteiger partial charge >= 0.3 is 0 Å². The van der Waals surface area contributed by atoms with Gasteiger partial charge < -0.3 is 10.1 Å². The van der Waals surface area contributed by atoms with Crippen molar-refractivity contribution in [2.75, 3.05) is 12.4 Å². The molecule has 0 aliphatic heterocycles. The molecule has 0 radical (unpaired) electrons. The lowest BCUT2D eigenvalue weighted by molar-refractivity contribution is -0.118. The Morgan fingerprint density at radius 1 is 1.30 bits per heavy atom. The van der Waals surface area contributed by atoms with Crippen LogP contribution < -0.4 is 10.1 Å². The van der Waals surface area contributed by atoms with E-state index in [9.17, 15) is 4.79 Å². The molecule has 0 saturated heterocycles. The van der Waals surface area contributed by atoms with Gasteiger partial charge in [0.25, 0.3) is 0 Å². The van der Waals surface area contributed by atoms with E-state index in [0.717, 1.165) is 17.0 Å². The van der Waals surface area contributed by atoms with Crippen LogP contribution in [0.3, 0.4) is 0 Å². The van der Waals surface area contributed by atoms with Crippen LogP contribution in [0.2, 0.25) is 0 Å². The molecule has 2 rings (SSSR count). The summed E-state index contributed by atoms with van der Waals surface area (Å²) in [5.41, 5.74) is 2.66. The lowest BCUT2D eigenvalue weighted by Gasteiger charge is -2.09. The lowest BCUT2D eigenvalue weighted by atomic mass is 10.2. The number of aromatic nitrogens is 3. The molecule has 0 atom stereocenters. The van der Waals surface area contributed by atoms with E-state index in [2.05, 4.69) is 20.3 Å². The van der Waals surface area contributed by atoms with Crippen molar-refractivity contribution < 1.29 is 9.53 Å². The van der Waals surface area contributed by atoms with Crippen molar-refractivity contribution in [2.24, 2.45) is 0 Å². The smallest absolute Gasteiger partial charge is 0.230 e. The SMILES string of the molecule is CCOc1ncccc1CNC(=O)CSc1nc(C)cc(C)n1. The molecule has 6 nitrogen and oxygen atoms in total. The van der Waals surface area contributed by atoms with Crippen molar-refractivity contribution in [3.05, 3.63) is 41.3 Å². The predicted octanol–water partition coefficient (Wildman–Crippen LogP) is 2.30. The van der Waals surface area contributed by atoms with E-state index >= 15 is 0 Å². The van der Waals surface area contributed by atoms with Crippen LogP contribution >= 0.6 is 11.8 Å². The van der Waals surface area contributed by atoms with Crippen molar-refractivity contribution in [3.8, 4) is 5.88 Å². The number of amides is 1. The van der Waals surface area contributed by atoms with Crippen LogP contribution in [0.15, 0.2) is 29.6 Å². The van der Waals surface area contributed by atoms with Gasteiger partial charge in [-0.1, -0.05) is 17.8 Å². The number of carbonyl (C=O) groups is 1. The first kappa shape index (κ1) is 17.2. The molecule has 2 aromatic rings. The second kappa shape index (κ2) is 8.47. The first-order valence-electron chi connectivity index (χ1n) is 7.37. The molecule has 0 saturated carbocycles. The number of nitrogens with one attached hydrogen (secondary N) is 1. The molecule has 122 valence electrons. The maximum absolute atomic E-state index is 12.0. The summed E-state index contributed by atoms with van der Waals surface area (Å²) in [4.78, 5) is 24.7. The number of ether oxygens (including phenoxy) is 1. The molecule has 1 N–H and O–H groups in total. The summed E-state index contributed by atoms with van der Waals surface area (Å²) in [5.74, 6) is 0.747. The third-order valence-electron chi connectivity index (χ3n) is 2.90. The summed E-state index contributed by atoms with van der Waals surface area (Å²) in [5, 5.41) is 3.48. The van der Waals surface area contributed by atoms with Gasteiger partial charge in [-0.2, -0.15) is 0 Å². The summed E-state index contributed by atoms with van der Waals surface area (Å²) in [6.07, 6.45) is 1.67. The van der Waals surface area contributed by atoms with Crippen LogP contribution in [0, 0.1) is 13.8 Å². The molecule has 2 heterocycles. The van der Waals surface area contributed by atoms with Gasteiger partial charge in [-0.3, -0.25) is 4.79 Å². The maximum Gasteiger partial charge on any atom is 0.230 e. The van der Waals surface area contributed by atoms with E-state index in [1.807, 2.05) is 39.0 Å². The number of carbonyl (C=O) groups excluding carboxylic acids is 1. The van der Waals surface area contributed by atoms with Crippen LogP contribution in [-0.2, 0) is 11.3 Å². The Morgan fingerprint density at radius 3 is 2.74 bits per heavy atom. The molecule has 0 unspecified atom stereocenters. The second-order valence-corrected chi connectivity index (χ2v) is 5.84. The number of thioether (sulfide) groups is 1. The largest absolute Gasteiger partial charge is 0.478 e. The van der Waals surface area contributed by atoms with Crippen molar-refractivity contribution in [1.82, 2.24) is 20.3 Å². The van der Waals surface area contributed by atoms with Gasteiger partial charge in [-0.05, 0) is 32.9 Å². The molecule has 0 aliphatic rings. The third kappa shape index (κ3) is 5.52. The molecule has 0 fully saturated rings. The van der Waals surface area contributed by atoms with E-state index in [0.29, 0.717) is 24.2 Å². The topological polar surface area (TPSA) is 77.0 Å². The second-order valence-electron chi connectivity index (χ2n) is 4.90. The molecule has 2 aromatic heterocycles. The predicted molar refractivity (Wildman–Crippen MR) is 89.5 cm³/mol. The monoisotopic (exact) mass is 332 g/mol. The van der Waals surface area contributed by atoms with Crippen molar-refractivity contribution >= 4 is 17.7 Å². The molecule has 1 amide bonds. The highest BCUT2D eigenvalue weighted by atomic mass is 32.2. The Kier molecular flexibility index (Phi) is 6.34. The average molecular weight is 332 g/mol. The van der Waals surface area contributed by atoms with E-state index in [-0.39, 0.29) is 11.7 Å². The fourth-order valence-corrected chi connectivity index (χ4v) is 2.74. The van der Waals surface area contributed by atoms with Crippen LogP contribution in [0.1, 0.15) is 23.9 Å². The van der Waals surface area contributed by atoms with Crippen LogP contribution in [0.25, 0.3) is 0 Å². The summed E-state index contributed by atoms with van der Waals surface area (Å²) in [6, 6.07) is 5.61. The van der Waals surface area contributed by atoms with Gasteiger partial charge in [0.05, 0.1) is 12.4 Å². The Bertz CT molecular complexity index is 659. The van der Waals surface area contributed by atoms with Crippen LogP contribution in [0.4, 0.5) is 0 Å². The standard InChI is InChI=1S/C16H20N4O2S/c1-4-22-15-13(6-5-7-17-15)9-18-14(21)10-23-16-19-11(2)8-12(3)20-16/h5-8H,4,9-10H2,1-3H3,(H,18,21). The summed E-state index contributed by atoms with van der Waals surface area (Å²) in [7, 11) is 0. The van der Waals surface area contributed by atoms with Gasteiger partial charge in [0.1, 0.15) is 0 Å². The average Bonchev–Trinajstić information content (AvgIpc) is 2.51. The van der Waals surface area contributed by atoms with Gasteiger partial charge in [-0.15, -0.1) is 0 Å². The number of aryl methyl sites for hydroxylation is 2. The molecular formula is C16H20N4O2S. The molecule has 0 aromatic carbocycles. The Labute approximate surface area is 140 Å². The molecule has 7 heteroatoms. The van der Waals surface area contributed by atoms with Crippen molar-refractivity contribution in [1.29, 1.82) is 0 Å². The third-order valence-corrected chi connectivity index (χ3v) is 3.75. The van der Waals surface area contributed by atoms with E-state index in [1.54, 1.807) is 6.20 Å². The Balaban J connectivity index is 1.86. The number of nitrogens with zero attached hydrogens (tertiary/aromatic N) is 3. The number of rotatable bonds is 7. The van der Waals surface area contributed by atoms with Gasteiger partial charge in [0.15, 0.2) is 5.16 Å². The Morgan fingerprint density at radius 2 is 2.04 bits per heavy atom. The summed E-state index contributed by atoms with van der Waals surface area (Å²) in [6.45, 7) is 6.65. The first-order chi connectivity index (χ1) is 11.1. The molecule has 0 aliphatic carbocycles. The highest BCUT2D eigenvalue weighted by Gasteiger charge is 2.08. The van der Waals surface area contributed by atoms with E-state index in [4.69, 9.17) is 4.74 Å². The summed E-state index contributed by atoms with van der Waals surface area (Å²) >= 11 is 1.33. The number of hydrogen-bond acceptors (Lipinski definition) is 6. The Hall–Kier alpha value is -2.15. The molecule has 23 heavy (non-hydrogen) atoms. The van der Waals surface area contributed by atoms with Gasteiger partial charge in [0, 0.05) is 29.7 Å². The normalized spacial score (nSPS) is 10.4. The number of hydrogen-bond donors (Lipinski definition) is 1. The fraction of sp³-hybridized carbons (Fsp3) is 0.375. The highest BCUT2D eigenvalue weighted by molar-refractivity contribution is 7.99. The van der Waals surface area contributed by atoms with E-state index < -0.39 is 0 Å². The summed E-state index contributed by atoms with van der Waals surface area (Å²) < 4.78 is 5.44. The lowest BCUT2D eigenvalue weighted by Crippen LogP contribution is -2.25. The van der Waals surface area contributed by atoms with Crippen molar-refractivity contribution in [3.63, 3.8) is 0 Å². The molecule has 0 bridgehead atoms. The molecule has 0 spiro atoms. The minimum atomic E-state index is -0.0796. The van der Waals surface area contributed by atoms with Gasteiger partial charge in [0.2, 0.25) is 11.8 Å². The zero-order valence-corrected chi connectivity index (χ0v) is 14.3. The number of pyridine rings is 1. The molecular weight excluding hydrogens is 312 g/mol. The fourth-order valence-electron chi connectivity index (χ4n) is 1.96. The minimum Gasteiger partial charge on any atom is -0.478 e. The zero-order chi connectivity index (χ0) is 16.7. The van der Waals surface area contributed by atoms with Crippen molar-refractivity contribution in [2.45, 2.75) is 32.5 Å². The quantitative estimate of drug-likeness (QED) is 0.619. The van der Waals surface area contributed by atoms with Crippen LogP contribution in [0.5, 0.6) is 5.88 Å². The highest BCUT2D eigenvalue weighted by Crippen LogP contribution is 2.15. The maximum atomic E-state index is 12.0. The van der Waals surface area contributed by atoms with Gasteiger partial charge in [-0.25, -0.2) is 15.0 Å². The minimum absolute atomic E-state index is 0.0796. The van der Waals surface area contributed by atoms with Crippen LogP contribution in [-0.4, -0.2) is 33.2 Å². The first-order valence-corrected chi connectivity index (χ1v) is 8.35. The van der Waals surface area contributed by atoms with E-state index in [1.165, 1.54) is 11.8 Å². The zero-order valence-electron chi connectivity index (χ0n) is 13.5.